The maximum absolute atomic E-state index is 15.4. The van der Waals surface area contributed by atoms with Gasteiger partial charge in [-0.25, -0.2) is 9.18 Å². The van der Waals surface area contributed by atoms with Crippen LogP contribution in [0.25, 0.3) is 11.1 Å². The van der Waals surface area contributed by atoms with Gasteiger partial charge in [0.2, 0.25) is 5.91 Å². The molecule has 0 radical (unpaired) electrons. The van der Waals surface area contributed by atoms with Crippen LogP contribution in [0.2, 0.25) is 0 Å². The van der Waals surface area contributed by atoms with Crippen LogP contribution in [-0.4, -0.2) is 60.6 Å². The number of methoxy groups -OCH3 is 1. The molecule has 9 heteroatoms. The lowest BCUT2D eigenvalue weighted by atomic mass is 9.87. The number of nitriles is 1. The number of ketones is 1. The fourth-order valence-electron chi connectivity index (χ4n) is 6.63. The smallest absolute Gasteiger partial charge is 0.411 e. The summed E-state index contributed by atoms with van der Waals surface area (Å²) in [6.45, 7) is 6.26. The average molecular weight is 576 g/mol. The maximum Gasteiger partial charge on any atom is 0.411 e. The van der Waals surface area contributed by atoms with Crippen molar-refractivity contribution in [3.8, 4) is 17.2 Å². The van der Waals surface area contributed by atoms with Crippen molar-refractivity contribution in [2.75, 3.05) is 25.2 Å². The molecule has 1 saturated carbocycles. The van der Waals surface area contributed by atoms with Gasteiger partial charge in [-0.3, -0.25) is 14.5 Å². The highest BCUT2D eigenvalue weighted by Gasteiger charge is 2.52. The number of benzene rings is 2. The van der Waals surface area contributed by atoms with E-state index >= 15 is 4.39 Å². The summed E-state index contributed by atoms with van der Waals surface area (Å²) in [5, 5.41) is 9.89. The summed E-state index contributed by atoms with van der Waals surface area (Å²) in [5.41, 5.74) is 2.85. The second kappa shape index (κ2) is 11.8. The summed E-state index contributed by atoms with van der Waals surface area (Å²) >= 11 is 0. The van der Waals surface area contributed by atoms with E-state index in [9.17, 15) is 19.6 Å². The predicted octanol–water partition coefficient (Wildman–Crippen LogP) is 5.46. The molecule has 42 heavy (non-hydrogen) atoms. The van der Waals surface area contributed by atoms with E-state index in [1.54, 1.807) is 49.8 Å². The molecule has 0 unspecified atom stereocenters. The highest BCUT2D eigenvalue weighted by molar-refractivity contribution is 6.02. The van der Waals surface area contributed by atoms with Gasteiger partial charge >= 0.3 is 6.09 Å². The zero-order valence-electron chi connectivity index (χ0n) is 24.7. The highest BCUT2D eigenvalue weighted by atomic mass is 19.1. The number of hydrogen-bond acceptors (Lipinski definition) is 6. The molecule has 2 heterocycles. The molecule has 2 aromatic carbocycles. The largest absolute Gasteiger partial charge is 0.444 e. The molecule has 0 spiro atoms. The number of hydrogen-bond donors (Lipinski definition) is 0. The number of likely N-dealkylation sites (tertiary alicyclic amines) is 1. The number of anilines is 1. The third kappa shape index (κ3) is 6.05. The van der Waals surface area contributed by atoms with E-state index in [4.69, 9.17) is 9.47 Å². The van der Waals surface area contributed by atoms with E-state index in [1.165, 1.54) is 6.07 Å². The Morgan fingerprint density at radius 2 is 1.88 bits per heavy atom. The molecule has 1 saturated heterocycles. The Labute approximate surface area is 246 Å². The van der Waals surface area contributed by atoms with Crippen LogP contribution in [0.1, 0.15) is 57.6 Å². The zero-order valence-corrected chi connectivity index (χ0v) is 24.7. The number of nitrogens with zero attached hydrogens (tertiary/aromatic N) is 3. The molecule has 2 aromatic rings. The van der Waals surface area contributed by atoms with Crippen LogP contribution in [0.4, 0.5) is 14.9 Å². The average Bonchev–Trinajstić information content (AvgIpc) is 3.64. The van der Waals surface area contributed by atoms with Gasteiger partial charge in [-0.1, -0.05) is 24.3 Å². The molecule has 8 nitrogen and oxygen atoms in total. The molecule has 4 atom stereocenters. The molecule has 2 fully saturated rings. The monoisotopic (exact) mass is 575 g/mol. The molecule has 222 valence electrons. The van der Waals surface area contributed by atoms with Crippen LogP contribution >= 0.6 is 0 Å². The van der Waals surface area contributed by atoms with Gasteiger partial charge in [0.25, 0.3) is 0 Å². The van der Waals surface area contributed by atoms with E-state index in [1.807, 2.05) is 18.2 Å². The van der Waals surface area contributed by atoms with Gasteiger partial charge in [-0.05, 0) is 86.8 Å². The van der Waals surface area contributed by atoms with Crippen molar-refractivity contribution in [3.05, 3.63) is 53.3 Å². The molecule has 3 aliphatic rings. The fraction of sp³-hybridized carbons (Fsp3) is 0.515. The van der Waals surface area contributed by atoms with Gasteiger partial charge in [-0.15, -0.1) is 0 Å². The van der Waals surface area contributed by atoms with E-state index < -0.39 is 29.5 Å². The lowest BCUT2D eigenvalue weighted by molar-refractivity contribution is -0.126. The van der Waals surface area contributed by atoms with Crippen molar-refractivity contribution < 1.29 is 28.2 Å². The number of amides is 2. The summed E-state index contributed by atoms with van der Waals surface area (Å²) < 4.78 is 26.1. The number of piperidine rings is 1. The zero-order chi connectivity index (χ0) is 30.2. The first-order valence-electron chi connectivity index (χ1n) is 14.6. The highest BCUT2D eigenvalue weighted by Crippen LogP contribution is 2.44. The molecular formula is C33H38FN3O5. The number of ether oxygens (including phenoxy) is 2. The third-order valence-electron chi connectivity index (χ3n) is 8.54. The van der Waals surface area contributed by atoms with E-state index in [2.05, 4.69) is 6.07 Å². The fourth-order valence-corrected chi connectivity index (χ4v) is 6.63. The first-order chi connectivity index (χ1) is 20.0. The Kier molecular flexibility index (Phi) is 8.38. The molecule has 1 aliphatic carbocycles. The van der Waals surface area contributed by atoms with Gasteiger partial charge in [-0.2, -0.15) is 5.26 Å². The lowest BCUT2D eigenvalue weighted by Crippen LogP contribution is -2.51. The van der Waals surface area contributed by atoms with Crippen molar-refractivity contribution in [2.24, 2.45) is 11.8 Å². The van der Waals surface area contributed by atoms with Crippen molar-refractivity contribution in [1.82, 2.24) is 4.90 Å². The summed E-state index contributed by atoms with van der Waals surface area (Å²) in [7, 11) is 1.59. The molecular weight excluding hydrogens is 537 g/mol. The second-order valence-electron chi connectivity index (χ2n) is 12.6. The molecule has 2 amide bonds. The van der Waals surface area contributed by atoms with E-state index in [0.717, 1.165) is 36.1 Å². The van der Waals surface area contributed by atoms with Crippen molar-refractivity contribution in [3.63, 3.8) is 0 Å². The SMILES string of the molecule is COCCN1C(=O)Cc2ccc(-c3ccc(C[C@@H](C#N)CC(=O)[C@@H]4[C@H]5CC[C@H](C5)N4C(=O)OC(C)(C)C)c(F)c3)cc21. The molecule has 5 rings (SSSR count). The summed E-state index contributed by atoms with van der Waals surface area (Å²) in [6.07, 6.45) is 2.36. The summed E-state index contributed by atoms with van der Waals surface area (Å²) in [5.74, 6) is -1.26. The number of halogens is 1. The van der Waals surface area contributed by atoms with Gasteiger partial charge < -0.3 is 14.4 Å². The van der Waals surface area contributed by atoms with Gasteiger partial charge in [0, 0.05) is 31.8 Å². The van der Waals surface area contributed by atoms with Crippen LogP contribution in [-0.2, 0) is 31.9 Å². The number of carbonyl (C=O) groups is 3. The summed E-state index contributed by atoms with van der Waals surface area (Å²) in [4.78, 5) is 42.2. The standard InChI is InChI=1S/C33H38FN3O5/c1-33(2,3)42-32(40)37-26-10-9-25(15-26)31(37)29(38)14-20(19-35)13-23-7-5-21(16-27(23)34)22-6-8-24-18-30(39)36(11-12-41-4)28(24)17-22/h5-8,16-17,20,25-26,31H,9-15,18H2,1-4H3/t20-,25+,26-,31+/m1/s1. The lowest BCUT2D eigenvalue weighted by Gasteiger charge is -2.35. The Hall–Kier alpha value is -3.77. The number of Topliss-reactive ketones (excluding diaryl/α,β-unsaturated/α-hetero) is 1. The van der Waals surface area contributed by atoms with Crippen molar-refractivity contribution in [1.29, 1.82) is 5.26 Å². The predicted molar refractivity (Wildman–Crippen MR) is 155 cm³/mol. The molecule has 0 aromatic heterocycles. The third-order valence-corrected chi connectivity index (χ3v) is 8.54. The van der Waals surface area contributed by atoms with Crippen LogP contribution in [0.3, 0.4) is 0 Å². The van der Waals surface area contributed by atoms with E-state index in [-0.39, 0.29) is 36.5 Å². The number of rotatable bonds is 9. The Bertz CT molecular complexity index is 1430. The summed E-state index contributed by atoms with van der Waals surface area (Å²) in [6, 6.07) is 12.1. The Morgan fingerprint density at radius 3 is 2.57 bits per heavy atom. The first-order valence-corrected chi connectivity index (χ1v) is 14.6. The van der Waals surface area contributed by atoms with Crippen LogP contribution in [0.15, 0.2) is 36.4 Å². The minimum Gasteiger partial charge on any atom is -0.444 e. The minimum atomic E-state index is -0.724. The minimum absolute atomic E-state index is 0.0115. The van der Waals surface area contributed by atoms with Gasteiger partial charge in [0.1, 0.15) is 11.4 Å². The van der Waals surface area contributed by atoms with Gasteiger partial charge in [0.15, 0.2) is 5.78 Å². The van der Waals surface area contributed by atoms with Crippen molar-refractivity contribution in [2.45, 2.75) is 77.0 Å². The van der Waals surface area contributed by atoms with Crippen LogP contribution in [0, 0.1) is 29.0 Å². The topological polar surface area (TPSA) is 99.9 Å². The number of fused-ring (bicyclic) bond motifs is 3. The van der Waals surface area contributed by atoms with Crippen LogP contribution in [0.5, 0.6) is 0 Å². The van der Waals surface area contributed by atoms with Crippen molar-refractivity contribution >= 4 is 23.5 Å². The molecule has 2 aliphatic heterocycles. The molecule has 2 bridgehead atoms. The normalized spacial score (nSPS) is 21.8. The van der Waals surface area contributed by atoms with Crippen LogP contribution < -0.4 is 4.90 Å². The Balaban J connectivity index is 1.28. The maximum atomic E-state index is 15.4. The molecule has 0 N–H and O–H groups in total. The van der Waals surface area contributed by atoms with E-state index in [0.29, 0.717) is 30.7 Å². The second-order valence-corrected chi connectivity index (χ2v) is 12.6. The quantitative estimate of drug-likeness (QED) is 0.394. The number of carbonyl (C=O) groups excluding carboxylic acids is 3. The first kappa shape index (κ1) is 29.7. The Morgan fingerprint density at radius 1 is 1.14 bits per heavy atom. The van der Waals surface area contributed by atoms with Gasteiger partial charge in [0.05, 0.1) is 31.1 Å².